The van der Waals surface area contributed by atoms with Gasteiger partial charge in [-0.2, -0.15) is 0 Å². The summed E-state index contributed by atoms with van der Waals surface area (Å²) in [7, 11) is 0. The van der Waals surface area contributed by atoms with Crippen LogP contribution in [0.5, 0.6) is 5.75 Å². The minimum atomic E-state index is -0.920. The van der Waals surface area contributed by atoms with Gasteiger partial charge in [0.2, 0.25) is 0 Å². The van der Waals surface area contributed by atoms with Gasteiger partial charge in [0.25, 0.3) is 11.7 Å². The average Bonchev–Trinajstić information content (AvgIpc) is 3.36. The van der Waals surface area contributed by atoms with Crippen molar-refractivity contribution in [2.45, 2.75) is 13.0 Å². The van der Waals surface area contributed by atoms with Gasteiger partial charge in [0, 0.05) is 16.3 Å². The average molecular weight is 424 g/mol. The zero-order valence-corrected chi connectivity index (χ0v) is 16.8. The molecule has 1 N–H and O–H groups in total. The fourth-order valence-electron chi connectivity index (χ4n) is 3.48. The Balaban J connectivity index is 1.86. The van der Waals surface area contributed by atoms with Gasteiger partial charge in [-0.3, -0.25) is 14.5 Å². The molecule has 6 nitrogen and oxygen atoms in total. The molecule has 3 aromatic rings. The predicted molar refractivity (Wildman–Crippen MR) is 113 cm³/mol. The smallest absolute Gasteiger partial charge is 0.300 e. The summed E-state index contributed by atoms with van der Waals surface area (Å²) >= 11 is 6.04. The molecule has 0 radical (unpaired) electrons. The summed E-state index contributed by atoms with van der Waals surface area (Å²) < 4.78 is 11.0. The Bertz CT molecular complexity index is 1120. The lowest BCUT2D eigenvalue weighted by Crippen LogP contribution is -2.29. The molecule has 1 aliphatic heterocycles. The topological polar surface area (TPSA) is 80.0 Å². The van der Waals surface area contributed by atoms with Gasteiger partial charge in [-0.25, -0.2) is 0 Å². The quantitative estimate of drug-likeness (QED) is 0.356. The molecular formula is C23H18ClNO5. The van der Waals surface area contributed by atoms with Gasteiger partial charge < -0.3 is 14.3 Å². The van der Waals surface area contributed by atoms with Gasteiger partial charge in [-0.15, -0.1) is 0 Å². The third kappa shape index (κ3) is 3.46. The lowest BCUT2D eigenvalue weighted by molar-refractivity contribution is -0.132. The van der Waals surface area contributed by atoms with E-state index in [9.17, 15) is 14.7 Å². The Hall–Kier alpha value is -3.51. The first-order valence-electron chi connectivity index (χ1n) is 9.34. The van der Waals surface area contributed by atoms with Crippen molar-refractivity contribution in [3.05, 3.63) is 88.8 Å². The number of carbonyl (C=O) groups is 2. The molecule has 0 saturated carbocycles. The van der Waals surface area contributed by atoms with E-state index in [1.165, 1.54) is 17.2 Å². The molecule has 0 bridgehead atoms. The fourth-order valence-corrected chi connectivity index (χ4v) is 3.67. The van der Waals surface area contributed by atoms with Crippen LogP contribution >= 0.6 is 11.6 Å². The second kappa shape index (κ2) is 8.08. The monoisotopic (exact) mass is 423 g/mol. The molecule has 1 saturated heterocycles. The number of furan rings is 1. The van der Waals surface area contributed by atoms with Gasteiger partial charge >= 0.3 is 0 Å². The predicted octanol–water partition coefficient (Wildman–Crippen LogP) is 4.96. The molecule has 7 heteroatoms. The standard InChI is InChI=1S/C23H18ClNO5/c1-2-29-17-10-8-16(9-11-17)25-20(18-7-4-12-30-18)19(22(27)23(25)28)21(26)14-5-3-6-15(24)13-14/h3-13,20,26H,2H2,1H3/b21-19-. The van der Waals surface area contributed by atoms with E-state index < -0.39 is 17.7 Å². The van der Waals surface area contributed by atoms with Crippen molar-refractivity contribution in [1.29, 1.82) is 0 Å². The summed E-state index contributed by atoms with van der Waals surface area (Å²) in [6.45, 7) is 2.38. The van der Waals surface area contributed by atoms with E-state index in [4.69, 9.17) is 20.8 Å². The van der Waals surface area contributed by atoms with Crippen LogP contribution in [0.4, 0.5) is 5.69 Å². The Kier molecular flexibility index (Phi) is 5.33. The van der Waals surface area contributed by atoms with Crippen molar-refractivity contribution in [2.75, 3.05) is 11.5 Å². The van der Waals surface area contributed by atoms with Crippen LogP contribution in [0.2, 0.25) is 5.02 Å². The Morgan fingerprint density at radius 2 is 1.90 bits per heavy atom. The summed E-state index contributed by atoms with van der Waals surface area (Å²) in [5, 5.41) is 11.3. The van der Waals surface area contributed by atoms with Crippen LogP contribution in [0, 0.1) is 0 Å². The molecule has 1 amide bonds. The number of amides is 1. The number of nitrogens with zero attached hydrogens (tertiary/aromatic N) is 1. The summed E-state index contributed by atoms with van der Waals surface area (Å²) in [6, 6.07) is 15.7. The first-order valence-corrected chi connectivity index (χ1v) is 9.72. The van der Waals surface area contributed by atoms with E-state index in [0.29, 0.717) is 34.4 Å². The molecule has 1 aliphatic rings. The number of benzene rings is 2. The summed E-state index contributed by atoms with van der Waals surface area (Å²) in [6.07, 6.45) is 1.45. The van der Waals surface area contributed by atoms with E-state index >= 15 is 0 Å². The first-order chi connectivity index (χ1) is 14.5. The maximum Gasteiger partial charge on any atom is 0.300 e. The maximum absolute atomic E-state index is 13.0. The SMILES string of the molecule is CCOc1ccc(N2C(=O)C(=O)/C(=C(\O)c3cccc(Cl)c3)C2c2ccco2)cc1. The summed E-state index contributed by atoms with van der Waals surface area (Å²) in [4.78, 5) is 27.2. The highest BCUT2D eigenvalue weighted by Crippen LogP contribution is 2.42. The lowest BCUT2D eigenvalue weighted by atomic mass is 9.99. The lowest BCUT2D eigenvalue weighted by Gasteiger charge is -2.23. The molecule has 1 unspecified atom stereocenters. The largest absolute Gasteiger partial charge is 0.507 e. The Labute approximate surface area is 177 Å². The minimum absolute atomic E-state index is 0.0638. The van der Waals surface area contributed by atoms with Crippen molar-refractivity contribution in [2.24, 2.45) is 0 Å². The Morgan fingerprint density at radius 1 is 1.13 bits per heavy atom. The number of Topliss-reactive ketones (excluding diaryl/α,β-unsaturated/α-hetero) is 1. The van der Waals surface area contributed by atoms with Gasteiger partial charge in [0.05, 0.1) is 18.4 Å². The molecule has 0 spiro atoms. The van der Waals surface area contributed by atoms with Crippen molar-refractivity contribution in [1.82, 2.24) is 0 Å². The van der Waals surface area contributed by atoms with Crippen LogP contribution < -0.4 is 9.64 Å². The number of anilines is 1. The van der Waals surface area contributed by atoms with Crippen LogP contribution in [0.25, 0.3) is 5.76 Å². The third-order valence-corrected chi connectivity index (χ3v) is 5.02. The van der Waals surface area contributed by atoms with E-state index in [1.807, 2.05) is 6.92 Å². The van der Waals surface area contributed by atoms with Gasteiger partial charge in [0.15, 0.2) is 0 Å². The molecular weight excluding hydrogens is 406 g/mol. The number of aliphatic hydroxyl groups excluding tert-OH is 1. The van der Waals surface area contributed by atoms with E-state index in [1.54, 1.807) is 54.6 Å². The van der Waals surface area contributed by atoms with E-state index in [2.05, 4.69) is 0 Å². The number of halogens is 1. The summed E-state index contributed by atoms with van der Waals surface area (Å²) in [5.41, 5.74) is 0.752. The number of ketones is 1. The van der Waals surface area contributed by atoms with Crippen molar-refractivity contribution >= 4 is 34.7 Å². The van der Waals surface area contributed by atoms with Gasteiger partial charge in [0.1, 0.15) is 23.3 Å². The van der Waals surface area contributed by atoms with Crippen molar-refractivity contribution in [3.63, 3.8) is 0 Å². The highest BCUT2D eigenvalue weighted by atomic mass is 35.5. The van der Waals surface area contributed by atoms with Gasteiger partial charge in [-0.1, -0.05) is 23.7 Å². The number of carbonyl (C=O) groups excluding carboxylic acids is 2. The Morgan fingerprint density at radius 3 is 2.53 bits per heavy atom. The summed E-state index contributed by atoms with van der Waals surface area (Å²) in [5.74, 6) is -0.879. The minimum Gasteiger partial charge on any atom is -0.507 e. The van der Waals surface area contributed by atoms with Crippen LogP contribution in [0.1, 0.15) is 24.3 Å². The normalized spacial score (nSPS) is 18.1. The number of ether oxygens (including phenoxy) is 1. The number of aliphatic hydroxyl groups is 1. The third-order valence-electron chi connectivity index (χ3n) is 4.78. The van der Waals surface area contributed by atoms with Gasteiger partial charge in [-0.05, 0) is 55.5 Å². The molecule has 2 heterocycles. The number of rotatable bonds is 5. The second-order valence-corrected chi connectivity index (χ2v) is 7.06. The molecule has 152 valence electrons. The molecule has 2 aromatic carbocycles. The van der Waals surface area contributed by atoms with Crippen molar-refractivity contribution < 1.29 is 23.8 Å². The van der Waals surface area contributed by atoms with Crippen LogP contribution in [0.3, 0.4) is 0 Å². The second-order valence-electron chi connectivity index (χ2n) is 6.62. The molecule has 1 fully saturated rings. The molecule has 4 rings (SSSR count). The van der Waals surface area contributed by atoms with Crippen LogP contribution in [0.15, 0.2) is 76.9 Å². The molecule has 1 atom stereocenters. The van der Waals surface area contributed by atoms with Crippen LogP contribution in [-0.2, 0) is 9.59 Å². The highest BCUT2D eigenvalue weighted by Gasteiger charge is 2.48. The maximum atomic E-state index is 13.0. The molecule has 1 aromatic heterocycles. The fraction of sp³-hybridized carbons (Fsp3) is 0.130. The van der Waals surface area contributed by atoms with Crippen LogP contribution in [-0.4, -0.2) is 23.4 Å². The van der Waals surface area contributed by atoms with Crippen molar-refractivity contribution in [3.8, 4) is 5.75 Å². The number of hydrogen-bond acceptors (Lipinski definition) is 5. The molecule has 30 heavy (non-hydrogen) atoms. The first kappa shape index (κ1) is 19.8. The highest BCUT2D eigenvalue weighted by molar-refractivity contribution is 6.51. The zero-order chi connectivity index (χ0) is 21.3. The molecule has 0 aliphatic carbocycles. The van der Waals surface area contributed by atoms with E-state index in [0.717, 1.165) is 0 Å². The van der Waals surface area contributed by atoms with E-state index in [-0.39, 0.29) is 11.3 Å². The number of hydrogen-bond donors (Lipinski definition) is 1. The zero-order valence-electron chi connectivity index (χ0n) is 16.0.